The van der Waals surface area contributed by atoms with Crippen LogP contribution in [0.1, 0.15) is 20.3 Å². The fraction of sp³-hybridized carbons (Fsp3) is 0.312. The Bertz CT molecular complexity index is 617. The smallest absolute Gasteiger partial charge is 0.236 e. The van der Waals surface area contributed by atoms with Crippen molar-refractivity contribution in [3.05, 3.63) is 36.5 Å². The molecule has 2 aromatic rings. The molecule has 21 heavy (non-hydrogen) atoms. The van der Waals surface area contributed by atoms with Crippen LogP contribution >= 0.6 is 0 Å². The fourth-order valence-corrected chi connectivity index (χ4v) is 1.76. The number of nitrogens with one attached hydrogen (secondary N) is 1. The summed E-state index contributed by atoms with van der Waals surface area (Å²) in [6.07, 6.45) is 4.47. The van der Waals surface area contributed by atoms with Gasteiger partial charge in [-0.3, -0.25) is 5.32 Å². The van der Waals surface area contributed by atoms with Crippen LogP contribution in [0.4, 0.5) is 5.95 Å². The number of aromatic nitrogens is 2. The molecule has 0 unspecified atom stereocenters. The Kier molecular flexibility index (Phi) is 5.10. The van der Waals surface area contributed by atoms with E-state index < -0.39 is 0 Å². The van der Waals surface area contributed by atoms with E-state index in [1.807, 2.05) is 30.5 Å². The van der Waals surface area contributed by atoms with Gasteiger partial charge >= 0.3 is 0 Å². The van der Waals surface area contributed by atoms with E-state index in [2.05, 4.69) is 29.1 Å². The Balaban J connectivity index is 2.05. The Morgan fingerprint density at radius 3 is 2.67 bits per heavy atom. The second-order valence-electron chi connectivity index (χ2n) is 5.06. The highest BCUT2D eigenvalue weighted by Crippen LogP contribution is 2.21. The molecule has 0 spiro atoms. The van der Waals surface area contributed by atoms with E-state index in [9.17, 15) is 0 Å². The van der Waals surface area contributed by atoms with Crippen LogP contribution in [0.25, 0.3) is 11.3 Å². The van der Waals surface area contributed by atoms with E-state index in [1.54, 1.807) is 12.3 Å². The summed E-state index contributed by atoms with van der Waals surface area (Å²) in [5.41, 5.74) is 1.71. The summed E-state index contributed by atoms with van der Waals surface area (Å²) in [6, 6.07) is 9.55. The first kappa shape index (κ1) is 14.8. The zero-order valence-electron chi connectivity index (χ0n) is 12.2. The first-order chi connectivity index (χ1) is 10.2. The third-order valence-electron chi connectivity index (χ3n) is 2.94. The monoisotopic (exact) mass is 282 g/mol. The van der Waals surface area contributed by atoms with Crippen molar-refractivity contribution in [1.82, 2.24) is 9.97 Å². The molecule has 1 aromatic carbocycles. The van der Waals surface area contributed by atoms with Gasteiger partial charge in [-0.15, -0.1) is 0 Å². The molecular formula is C16H18N4O. The van der Waals surface area contributed by atoms with Crippen LogP contribution in [0.3, 0.4) is 0 Å². The molecule has 0 bridgehead atoms. The van der Waals surface area contributed by atoms with E-state index in [0.717, 1.165) is 30.0 Å². The minimum atomic E-state index is 0.298. The Labute approximate surface area is 124 Å². The molecule has 1 aromatic heterocycles. The first-order valence-corrected chi connectivity index (χ1v) is 6.90. The zero-order valence-corrected chi connectivity index (χ0v) is 12.2. The summed E-state index contributed by atoms with van der Waals surface area (Å²) < 4.78 is 5.68. The Hall–Kier alpha value is -2.61. The maximum absolute atomic E-state index is 8.58. The topological polar surface area (TPSA) is 70.8 Å². The SMILES string of the molecule is CC(C)CCOc1ccc(-c2ccnc(NC#N)n2)cc1. The lowest BCUT2D eigenvalue weighted by atomic mass is 10.1. The second-order valence-corrected chi connectivity index (χ2v) is 5.06. The summed E-state index contributed by atoms with van der Waals surface area (Å²) >= 11 is 0. The van der Waals surface area contributed by atoms with Crippen molar-refractivity contribution in [1.29, 1.82) is 5.26 Å². The maximum Gasteiger partial charge on any atom is 0.236 e. The molecule has 0 aliphatic rings. The van der Waals surface area contributed by atoms with Crippen molar-refractivity contribution in [3.63, 3.8) is 0 Å². The van der Waals surface area contributed by atoms with Gasteiger partial charge in [0.15, 0.2) is 6.19 Å². The predicted octanol–water partition coefficient (Wildman–Crippen LogP) is 3.46. The van der Waals surface area contributed by atoms with Crippen LogP contribution < -0.4 is 10.1 Å². The Morgan fingerprint density at radius 2 is 2.00 bits per heavy atom. The van der Waals surface area contributed by atoms with E-state index in [1.165, 1.54) is 0 Å². The van der Waals surface area contributed by atoms with Crippen molar-refractivity contribution >= 4 is 5.95 Å². The molecule has 0 radical (unpaired) electrons. The highest BCUT2D eigenvalue weighted by molar-refractivity contribution is 5.61. The van der Waals surface area contributed by atoms with Gasteiger partial charge in [-0.2, -0.15) is 5.26 Å². The highest BCUT2D eigenvalue weighted by atomic mass is 16.5. The molecule has 108 valence electrons. The van der Waals surface area contributed by atoms with Gasteiger partial charge < -0.3 is 4.74 Å². The lowest BCUT2D eigenvalue weighted by Crippen LogP contribution is -2.01. The summed E-state index contributed by atoms with van der Waals surface area (Å²) in [5, 5.41) is 11.0. The van der Waals surface area contributed by atoms with E-state index in [4.69, 9.17) is 10.00 Å². The van der Waals surface area contributed by atoms with Crippen molar-refractivity contribution < 1.29 is 4.74 Å². The number of hydrogen-bond donors (Lipinski definition) is 1. The van der Waals surface area contributed by atoms with E-state index in [-0.39, 0.29) is 0 Å². The molecule has 1 N–H and O–H groups in total. The van der Waals surface area contributed by atoms with Gasteiger partial charge in [0.25, 0.3) is 0 Å². The average molecular weight is 282 g/mol. The standard InChI is InChI=1S/C16H18N4O/c1-12(2)8-10-21-14-5-3-13(4-6-14)15-7-9-18-16(20-15)19-11-17/h3-7,9,12H,8,10H2,1-2H3,(H,18,19,20). The lowest BCUT2D eigenvalue weighted by Gasteiger charge is -2.08. The minimum Gasteiger partial charge on any atom is -0.494 e. The van der Waals surface area contributed by atoms with Gasteiger partial charge in [0.05, 0.1) is 12.3 Å². The number of nitrogens with zero attached hydrogens (tertiary/aromatic N) is 3. The lowest BCUT2D eigenvalue weighted by molar-refractivity contribution is 0.289. The van der Waals surface area contributed by atoms with Gasteiger partial charge in [0.2, 0.25) is 5.95 Å². The van der Waals surface area contributed by atoms with Crippen LogP contribution in [0.2, 0.25) is 0 Å². The molecule has 1 heterocycles. The van der Waals surface area contributed by atoms with E-state index >= 15 is 0 Å². The number of ether oxygens (including phenoxy) is 1. The number of rotatable bonds is 6. The van der Waals surface area contributed by atoms with Crippen LogP contribution in [0.5, 0.6) is 5.75 Å². The predicted molar refractivity (Wildman–Crippen MR) is 81.7 cm³/mol. The Morgan fingerprint density at radius 1 is 1.24 bits per heavy atom. The maximum atomic E-state index is 8.58. The van der Waals surface area contributed by atoms with Gasteiger partial charge in [-0.25, -0.2) is 9.97 Å². The quantitative estimate of drug-likeness (QED) is 0.649. The molecular weight excluding hydrogens is 264 g/mol. The highest BCUT2D eigenvalue weighted by Gasteiger charge is 2.03. The molecule has 0 fully saturated rings. The summed E-state index contributed by atoms with van der Waals surface area (Å²) in [4.78, 5) is 8.22. The molecule has 0 aliphatic heterocycles. The van der Waals surface area contributed by atoms with Crippen molar-refractivity contribution in [2.45, 2.75) is 20.3 Å². The average Bonchev–Trinajstić information content (AvgIpc) is 2.48. The van der Waals surface area contributed by atoms with Gasteiger partial charge in [0.1, 0.15) is 5.75 Å². The molecule has 2 rings (SSSR count). The largest absolute Gasteiger partial charge is 0.494 e. The normalized spacial score (nSPS) is 10.2. The van der Waals surface area contributed by atoms with E-state index in [0.29, 0.717) is 11.9 Å². The van der Waals surface area contributed by atoms with Crippen molar-refractivity contribution in [2.24, 2.45) is 5.92 Å². The molecule has 0 saturated heterocycles. The number of hydrogen-bond acceptors (Lipinski definition) is 5. The number of nitriles is 1. The van der Waals surface area contributed by atoms with Crippen molar-refractivity contribution in [2.75, 3.05) is 11.9 Å². The number of anilines is 1. The third kappa shape index (κ3) is 4.46. The molecule has 0 amide bonds. The van der Waals surface area contributed by atoms with Crippen LogP contribution in [0, 0.1) is 17.4 Å². The number of benzene rings is 1. The van der Waals surface area contributed by atoms with Crippen LogP contribution in [0.15, 0.2) is 36.5 Å². The van der Waals surface area contributed by atoms with Gasteiger partial charge in [-0.05, 0) is 42.7 Å². The van der Waals surface area contributed by atoms with Gasteiger partial charge in [0, 0.05) is 11.8 Å². The van der Waals surface area contributed by atoms with Crippen LogP contribution in [-0.2, 0) is 0 Å². The summed E-state index contributed by atoms with van der Waals surface area (Å²) in [7, 11) is 0. The molecule has 0 aliphatic carbocycles. The van der Waals surface area contributed by atoms with Crippen LogP contribution in [-0.4, -0.2) is 16.6 Å². The molecule has 5 nitrogen and oxygen atoms in total. The second kappa shape index (κ2) is 7.25. The zero-order chi connectivity index (χ0) is 15.1. The molecule has 0 atom stereocenters. The summed E-state index contributed by atoms with van der Waals surface area (Å²) in [5.74, 6) is 1.78. The first-order valence-electron chi connectivity index (χ1n) is 6.90. The third-order valence-corrected chi connectivity index (χ3v) is 2.94. The molecule has 5 heteroatoms. The minimum absolute atomic E-state index is 0.298. The van der Waals surface area contributed by atoms with Gasteiger partial charge in [-0.1, -0.05) is 13.8 Å². The molecule has 0 saturated carbocycles. The fourth-order valence-electron chi connectivity index (χ4n) is 1.76. The summed E-state index contributed by atoms with van der Waals surface area (Å²) in [6.45, 7) is 5.07. The van der Waals surface area contributed by atoms with Crippen molar-refractivity contribution in [3.8, 4) is 23.2 Å².